The van der Waals surface area contributed by atoms with Crippen LogP contribution in [0.2, 0.25) is 0 Å². The number of hydrogen-bond donors (Lipinski definition) is 1. The van der Waals surface area contributed by atoms with Gasteiger partial charge in [0.25, 0.3) is 5.56 Å². The van der Waals surface area contributed by atoms with Gasteiger partial charge in [-0.1, -0.05) is 23.4 Å². The molecule has 29 heavy (non-hydrogen) atoms. The summed E-state index contributed by atoms with van der Waals surface area (Å²) in [6, 6.07) is 12.9. The molecule has 1 amide bonds. The topological polar surface area (TPSA) is 107 Å². The molecule has 0 aliphatic carbocycles. The quantitative estimate of drug-likeness (QED) is 0.455. The van der Waals surface area contributed by atoms with Crippen LogP contribution in [0, 0.1) is 0 Å². The van der Waals surface area contributed by atoms with Crippen LogP contribution < -0.4 is 10.9 Å². The monoisotopic (exact) mass is 391 g/mol. The molecule has 9 nitrogen and oxygen atoms in total. The van der Waals surface area contributed by atoms with Crippen molar-refractivity contribution in [1.82, 2.24) is 34.9 Å². The lowest BCUT2D eigenvalue weighted by Gasteiger charge is -2.06. The van der Waals surface area contributed by atoms with Gasteiger partial charge in [-0.3, -0.25) is 14.0 Å². The molecule has 0 saturated carbocycles. The smallest absolute Gasteiger partial charge is 0.277 e. The third-order valence-corrected chi connectivity index (χ3v) is 4.69. The van der Waals surface area contributed by atoms with Crippen LogP contribution in [0.25, 0.3) is 16.6 Å². The predicted molar refractivity (Wildman–Crippen MR) is 107 cm³/mol. The molecule has 1 aromatic carbocycles. The molecule has 0 aliphatic rings. The second-order valence-corrected chi connectivity index (χ2v) is 6.74. The van der Waals surface area contributed by atoms with Crippen molar-refractivity contribution in [3.63, 3.8) is 0 Å². The summed E-state index contributed by atoms with van der Waals surface area (Å²) in [5, 5.41) is 19.7. The van der Waals surface area contributed by atoms with Gasteiger partial charge in [0.1, 0.15) is 11.3 Å². The van der Waals surface area contributed by atoms with E-state index in [1.807, 2.05) is 34.9 Å². The fraction of sp³-hybridized carbons (Fsp3) is 0.300. The first-order valence-electron chi connectivity index (χ1n) is 9.60. The van der Waals surface area contributed by atoms with Gasteiger partial charge in [-0.25, -0.2) is 4.68 Å². The Hall–Kier alpha value is -3.62. The van der Waals surface area contributed by atoms with E-state index in [0.717, 1.165) is 24.3 Å². The maximum Gasteiger partial charge on any atom is 0.277 e. The predicted octanol–water partition coefficient (Wildman–Crippen LogP) is 1.36. The second-order valence-electron chi connectivity index (χ2n) is 6.74. The molecular formula is C20H21N7O2. The number of rotatable bonds is 8. The molecule has 0 unspecified atom stereocenters. The fourth-order valence-electron chi connectivity index (χ4n) is 3.18. The Balaban J connectivity index is 1.21. The van der Waals surface area contributed by atoms with Crippen molar-refractivity contribution in [3.8, 4) is 0 Å². The zero-order valence-electron chi connectivity index (χ0n) is 15.9. The summed E-state index contributed by atoms with van der Waals surface area (Å²) >= 11 is 0. The van der Waals surface area contributed by atoms with Gasteiger partial charge in [0.15, 0.2) is 5.65 Å². The molecule has 0 saturated heterocycles. The molecule has 1 N–H and O–H groups in total. The lowest BCUT2D eigenvalue weighted by Crippen LogP contribution is -2.27. The first-order valence-corrected chi connectivity index (χ1v) is 9.60. The molecule has 0 radical (unpaired) electrons. The molecule has 3 aromatic heterocycles. The third-order valence-electron chi connectivity index (χ3n) is 4.69. The molecule has 0 bridgehead atoms. The van der Waals surface area contributed by atoms with Crippen LogP contribution >= 0.6 is 0 Å². The van der Waals surface area contributed by atoms with Crippen LogP contribution in [0.3, 0.4) is 0 Å². The van der Waals surface area contributed by atoms with Crippen LogP contribution in [0.1, 0.15) is 25.1 Å². The number of nitrogens with one attached hydrogen (secondary N) is 1. The van der Waals surface area contributed by atoms with E-state index in [9.17, 15) is 9.59 Å². The van der Waals surface area contributed by atoms with E-state index in [1.54, 1.807) is 18.2 Å². The van der Waals surface area contributed by atoms with Crippen LogP contribution in [0.5, 0.6) is 0 Å². The number of nitrogens with zero attached hydrogens (tertiary/aromatic N) is 6. The highest BCUT2D eigenvalue weighted by atomic mass is 16.1. The molecule has 9 heteroatoms. The molecule has 0 aliphatic heterocycles. The molecule has 4 rings (SSSR count). The molecule has 0 atom stereocenters. The Morgan fingerprint density at radius 3 is 2.79 bits per heavy atom. The van der Waals surface area contributed by atoms with E-state index < -0.39 is 0 Å². The van der Waals surface area contributed by atoms with Crippen molar-refractivity contribution >= 4 is 22.5 Å². The highest BCUT2D eigenvalue weighted by molar-refractivity contribution is 5.76. The van der Waals surface area contributed by atoms with Gasteiger partial charge >= 0.3 is 0 Å². The van der Waals surface area contributed by atoms with E-state index in [0.29, 0.717) is 36.8 Å². The number of carbonyl (C=O) groups is 1. The summed E-state index contributed by atoms with van der Waals surface area (Å²) in [6.07, 6.45) is 4.29. The van der Waals surface area contributed by atoms with Gasteiger partial charge in [0.05, 0.1) is 5.39 Å². The minimum Gasteiger partial charge on any atom is -0.356 e. The average molecular weight is 391 g/mol. The number of hydrogen-bond acceptors (Lipinski definition) is 6. The van der Waals surface area contributed by atoms with Gasteiger partial charge in [-0.15, -0.1) is 15.3 Å². The summed E-state index contributed by atoms with van der Waals surface area (Å²) in [7, 11) is 0. The highest BCUT2D eigenvalue weighted by Gasteiger charge is 2.07. The molecule has 0 spiro atoms. The normalized spacial score (nSPS) is 11.2. The van der Waals surface area contributed by atoms with Crippen molar-refractivity contribution in [2.75, 3.05) is 6.54 Å². The summed E-state index contributed by atoms with van der Waals surface area (Å²) in [5.41, 5.74) is 1.21. The van der Waals surface area contributed by atoms with Gasteiger partial charge in [-0.2, -0.15) is 0 Å². The minimum atomic E-state index is -0.184. The lowest BCUT2D eigenvalue weighted by molar-refractivity contribution is -0.121. The van der Waals surface area contributed by atoms with Crippen molar-refractivity contribution in [2.45, 2.75) is 32.2 Å². The van der Waals surface area contributed by atoms with Gasteiger partial charge in [0.2, 0.25) is 5.91 Å². The van der Waals surface area contributed by atoms with Crippen molar-refractivity contribution in [3.05, 3.63) is 64.8 Å². The molecular weight excluding hydrogens is 370 g/mol. The van der Waals surface area contributed by atoms with Crippen LogP contribution in [-0.4, -0.2) is 42.0 Å². The standard InChI is InChI=1S/C20H21N7O2/c28-19(21-12-5-10-18-24-23-17-9-3-4-13-26(17)18)11-6-14-27-20(29)15-7-1-2-8-16(15)22-25-27/h1-4,7-9,13H,5-6,10-12,14H2,(H,21,28). The Bertz CT molecular complexity index is 1200. The average Bonchev–Trinajstić information content (AvgIpc) is 3.16. The van der Waals surface area contributed by atoms with E-state index in [1.165, 1.54) is 4.68 Å². The Morgan fingerprint density at radius 2 is 1.86 bits per heavy atom. The largest absolute Gasteiger partial charge is 0.356 e. The van der Waals surface area contributed by atoms with Crippen LogP contribution in [0.4, 0.5) is 0 Å². The first-order chi connectivity index (χ1) is 14.2. The third kappa shape index (κ3) is 4.29. The number of benzene rings is 1. The summed E-state index contributed by atoms with van der Waals surface area (Å²) in [6.45, 7) is 0.923. The SMILES string of the molecule is O=C(CCCn1nnc2ccccc2c1=O)NCCCc1nnc2ccccn12. The minimum absolute atomic E-state index is 0.0436. The summed E-state index contributed by atoms with van der Waals surface area (Å²) < 4.78 is 3.26. The number of aromatic nitrogens is 6. The Labute approximate surface area is 166 Å². The zero-order chi connectivity index (χ0) is 20.1. The van der Waals surface area contributed by atoms with Crippen molar-refractivity contribution < 1.29 is 4.79 Å². The molecule has 148 valence electrons. The highest BCUT2D eigenvalue weighted by Crippen LogP contribution is 2.05. The summed E-state index contributed by atoms with van der Waals surface area (Å²) in [5.74, 6) is 0.835. The number of aryl methyl sites for hydroxylation is 2. The van der Waals surface area contributed by atoms with Crippen molar-refractivity contribution in [2.24, 2.45) is 0 Å². The number of pyridine rings is 1. The van der Waals surface area contributed by atoms with Gasteiger partial charge in [-0.05, 0) is 37.1 Å². The maximum atomic E-state index is 12.4. The molecule has 4 aromatic rings. The van der Waals surface area contributed by atoms with Gasteiger partial charge < -0.3 is 5.32 Å². The van der Waals surface area contributed by atoms with E-state index in [-0.39, 0.29) is 11.5 Å². The number of fused-ring (bicyclic) bond motifs is 2. The number of amides is 1. The van der Waals surface area contributed by atoms with Crippen molar-refractivity contribution in [1.29, 1.82) is 0 Å². The zero-order valence-corrected chi connectivity index (χ0v) is 15.9. The second kappa shape index (κ2) is 8.59. The summed E-state index contributed by atoms with van der Waals surface area (Å²) in [4.78, 5) is 24.4. The van der Waals surface area contributed by atoms with Gasteiger partial charge in [0, 0.05) is 32.1 Å². The van der Waals surface area contributed by atoms with Crippen LogP contribution in [-0.2, 0) is 17.8 Å². The lowest BCUT2D eigenvalue weighted by atomic mass is 10.2. The van der Waals surface area contributed by atoms with E-state index in [2.05, 4.69) is 25.8 Å². The van der Waals surface area contributed by atoms with Crippen LogP contribution in [0.15, 0.2) is 53.5 Å². The first kappa shape index (κ1) is 18.7. The Morgan fingerprint density at radius 1 is 1.00 bits per heavy atom. The molecule has 3 heterocycles. The van der Waals surface area contributed by atoms with E-state index in [4.69, 9.17) is 0 Å². The number of carbonyl (C=O) groups excluding carboxylic acids is 1. The van der Waals surface area contributed by atoms with E-state index >= 15 is 0 Å². The maximum absolute atomic E-state index is 12.4. The Kier molecular flexibility index (Phi) is 5.55. The fourth-order valence-corrected chi connectivity index (χ4v) is 3.18. The molecule has 0 fully saturated rings.